The summed E-state index contributed by atoms with van der Waals surface area (Å²) in [6, 6.07) is 3.63. The Balaban J connectivity index is 1.43. The normalized spacial score (nSPS) is 17.9. The van der Waals surface area contributed by atoms with Gasteiger partial charge in [-0.2, -0.15) is 0 Å². The van der Waals surface area contributed by atoms with Gasteiger partial charge in [0, 0.05) is 18.2 Å². The molecule has 10 heteroatoms. The van der Waals surface area contributed by atoms with Crippen molar-refractivity contribution < 1.29 is 27.1 Å². The van der Waals surface area contributed by atoms with Gasteiger partial charge in [0.25, 0.3) is 0 Å². The van der Waals surface area contributed by atoms with Crippen LogP contribution in [0.3, 0.4) is 0 Å². The Kier molecular flexibility index (Phi) is 7.30. The van der Waals surface area contributed by atoms with Gasteiger partial charge in [-0.25, -0.2) is 22.3 Å². The van der Waals surface area contributed by atoms with Gasteiger partial charge in [-0.15, -0.1) is 0 Å². The molecule has 2 N–H and O–H groups in total. The number of amides is 3. The van der Waals surface area contributed by atoms with Crippen LogP contribution in [0.5, 0.6) is 5.75 Å². The van der Waals surface area contributed by atoms with Crippen molar-refractivity contribution in [2.75, 3.05) is 25.4 Å². The number of halogens is 1. The molecule has 1 heterocycles. The van der Waals surface area contributed by atoms with E-state index in [4.69, 9.17) is 4.74 Å². The molecule has 0 spiro atoms. The van der Waals surface area contributed by atoms with Crippen LogP contribution in [-0.2, 0) is 14.8 Å². The Hall–Kier alpha value is -2.20. The second-order valence-electron chi connectivity index (χ2n) is 7.91. The smallest absolute Gasteiger partial charge is 0.324 e. The van der Waals surface area contributed by atoms with E-state index in [1.54, 1.807) is 25.1 Å². The first-order chi connectivity index (χ1) is 14.2. The molecule has 0 bridgehead atoms. The molecule has 2 fully saturated rings. The molecule has 1 aliphatic heterocycles. The fourth-order valence-electron chi connectivity index (χ4n) is 3.29. The molecule has 3 amide bonds. The molecular formula is C20H28FN3O5S. The van der Waals surface area contributed by atoms with Gasteiger partial charge in [0.05, 0.1) is 12.4 Å². The van der Waals surface area contributed by atoms with Crippen molar-refractivity contribution in [3.05, 3.63) is 29.6 Å². The molecule has 8 nitrogen and oxygen atoms in total. The van der Waals surface area contributed by atoms with E-state index in [0.29, 0.717) is 38.3 Å². The Morgan fingerprint density at radius 3 is 2.70 bits per heavy atom. The standard InChI is InChI=1S/C20H28FN3O5S/c1-14(16-6-5-7-17(19(16)21)29-13-15-8-9-15)23-30(27,28)11-4-2-3-10-24-12-18(25)22-20(24)26/h5-7,14-15,23H,2-4,8-13H2,1H3,(H,22,25,26). The maximum Gasteiger partial charge on any atom is 0.324 e. The molecule has 2 aliphatic rings. The van der Waals surface area contributed by atoms with Gasteiger partial charge < -0.3 is 9.64 Å². The van der Waals surface area contributed by atoms with E-state index in [1.807, 2.05) is 0 Å². The number of benzene rings is 1. The fraction of sp³-hybridized carbons (Fsp3) is 0.600. The average molecular weight is 442 g/mol. The second kappa shape index (κ2) is 9.74. The van der Waals surface area contributed by atoms with Gasteiger partial charge in [0.2, 0.25) is 15.9 Å². The van der Waals surface area contributed by atoms with Crippen molar-refractivity contribution in [2.45, 2.75) is 45.1 Å². The van der Waals surface area contributed by atoms with Crippen molar-refractivity contribution in [3.63, 3.8) is 0 Å². The number of imide groups is 1. The molecule has 0 aromatic heterocycles. The van der Waals surface area contributed by atoms with E-state index >= 15 is 0 Å². The summed E-state index contributed by atoms with van der Waals surface area (Å²) >= 11 is 0. The van der Waals surface area contributed by atoms with E-state index in [2.05, 4.69) is 10.0 Å². The largest absolute Gasteiger partial charge is 0.490 e. The summed E-state index contributed by atoms with van der Waals surface area (Å²) in [7, 11) is -3.60. The summed E-state index contributed by atoms with van der Waals surface area (Å²) in [5.74, 6) is -0.317. The first kappa shape index (κ1) is 22.5. The molecule has 1 aromatic carbocycles. The lowest BCUT2D eigenvalue weighted by Gasteiger charge is -2.17. The van der Waals surface area contributed by atoms with Crippen LogP contribution in [0.1, 0.15) is 50.6 Å². The molecule has 1 atom stereocenters. The lowest BCUT2D eigenvalue weighted by molar-refractivity contribution is -0.118. The number of carbonyl (C=O) groups is 2. The zero-order valence-corrected chi connectivity index (χ0v) is 17.8. The number of hydrogen-bond donors (Lipinski definition) is 2. The number of hydrogen-bond acceptors (Lipinski definition) is 5. The predicted octanol–water partition coefficient (Wildman–Crippen LogP) is 2.32. The van der Waals surface area contributed by atoms with Crippen molar-refractivity contribution in [1.82, 2.24) is 14.9 Å². The number of ether oxygens (including phenoxy) is 1. The highest BCUT2D eigenvalue weighted by molar-refractivity contribution is 7.89. The quantitative estimate of drug-likeness (QED) is 0.383. The summed E-state index contributed by atoms with van der Waals surface area (Å²) in [4.78, 5) is 24.0. The number of unbranched alkanes of at least 4 members (excludes halogenated alkanes) is 2. The van der Waals surface area contributed by atoms with E-state index < -0.39 is 27.9 Å². The summed E-state index contributed by atoms with van der Waals surface area (Å²) in [5, 5.41) is 2.20. The van der Waals surface area contributed by atoms with Crippen LogP contribution in [0, 0.1) is 11.7 Å². The molecule has 1 saturated heterocycles. The molecule has 1 aliphatic carbocycles. The van der Waals surface area contributed by atoms with Gasteiger partial charge in [0.15, 0.2) is 11.6 Å². The van der Waals surface area contributed by atoms with E-state index in [1.165, 1.54) is 4.90 Å². The summed E-state index contributed by atoms with van der Waals surface area (Å²) < 4.78 is 47.5. The van der Waals surface area contributed by atoms with Gasteiger partial charge in [-0.1, -0.05) is 18.6 Å². The SMILES string of the molecule is CC(NS(=O)(=O)CCCCCN1CC(=O)NC1=O)c1cccc(OCC2CC2)c1F. The monoisotopic (exact) mass is 441 g/mol. The Morgan fingerprint density at radius 2 is 2.03 bits per heavy atom. The minimum Gasteiger partial charge on any atom is -0.490 e. The van der Waals surface area contributed by atoms with Crippen molar-refractivity contribution in [3.8, 4) is 5.75 Å². The number of urea groups is 1. The molecule has 1 aromatic rings. The minimum absolute atomic E-state index is 0.0468. The first-order valence-electron chi connectivity index (χ1n) is 10.2. The molecular weight excluding hydrogens is 413 g/mol. The van der Waals surface area contributed by atoms with Crippen molar-refractivity contribution >= 4 is 22.0 Å². The van der Waals surface area contributed by atoms with Crippen LogP contribution in [0.15, 0.2) is 18.2 Å². The summed E-state index contributed by atoms with van der Waals surface area (Å²) in [6.07, 6.45) is 3.78. The number of nitrogens with one attached hydrogen (secondary N) is 2. The summed E-state index contributed by atoms with van der Waals surface area (Å²) in [6.45, 7) is 2.53. The minimum atomic E-state index is -3.60. The molecule has 0 radical (unpaired) electrons. The lowest BCUT2D eigenvalue weighted by atomic mass is 10.1. The zero-order chi connectivity index (χ0) is 21.7. The number of nitrogens with zero attached hydrogens (tertiary/aromatic N) is 1. The predicted molar refractivity (Wildman–Crippen MR) is 109 cm³/mol. The average Bonchev–Trinajstić information content (AvgIpc) is 3.44. The van der Waals surface area contributed by atoms with Gasteiger partial charge in [0.1, 0.15) is 6.54 Å². The number of carbonyl (C=O) groups excluding carboxylic acids is 2. The van der Waals surface area contributed by atoms with Gasteiger partial charge >= 0.3 is 6.03 Å². The number of rotatable bonds is 12. The van der Waals surface area contributed by atoms with Crippen LogP contribution in [-0.4, -0.2) is 50.7 Å². The van der Waals surface area contributed by atoms with Crippen LogP contribution in [0.2, 0.25) is 0 Å². The maximum atomic E-state index is 14.7. The highest BCUT2D eigenvalue weighted by Gasteiger charge is 2.26. The topological polar surface area (TPSA) is 105 Å². The van der Waals surface area contributed by atoms with E-state index in [9.17, 15) is 22.4 Å². The van der Waals surface area contributed by atoms with Crippen molar-refractivity contribution in [1.29, 1.82) is 0 Å². The van der Waals surface area contributed by atoms with Crippen LogP contribution in [0.4, 0.5) is 9.18 Å². The molecule has 3 rings (SSSR count). The molecule has 166 valence electrons. The van der Waals surface area contributed by atoms with Crippen molar-refractivity contribution in [2.24, 2.45) is 5.92 Å². The Labute approximate surface area is 176 Å². The Morgan fingerprint density at radius 1 is 1.27 bits per heavy atom. The van der Waals surface area contributed by atoms with Crippen LogP contribution in [0.25, 0.3) is 0 Å². The molecule has 1 unspecified atom stereocenters. The van der Waals surface area contributed by atoms with E-state index in [0.717, 1.165) is 12.8 Å². The Bertz CT molecular complexity index is 888. The molecule has 30 heavy (non-hydrogen) atoms. The third kappa shape index (κ3) is 6.40. The highest BCUT2D eigenvalue weighted by atomic mass is 32.2. The van der Waals surface area contributed by atoms with Crippen LogP contribution < -0.4 is 14.8 Å². The fourth-order valence-corrected chi connectivity index (χ4v) is 4.66. The third-order valence-corrected chi connectivity index (χ3v) is 6.74. The van der Waals surface area contributed by atoms with Gasteiger partial charge in [-0.05, 0) is 44.6 Å². The lowest BCUT2D eigenvalue weighted by Crippen LogP contribution is -2.30. The molecule has 1 saturated carbocycles. The van der Waals surface area contributed by atoms with Gasteiger partial charge in [-0.3, -0.25) is 10.1 Å². The van der Waals surface area contributed by atoms with Crippen LogP contribution >= 0.6 is 0 Å². The third-order valence-electron chi connectivity index (χ3n) is 5.20. The maximum absolute atomic E-state index is 14.7. The zero-order valence-electron chi connectivity index (χ0n) is 17.0. The number of sulfonamides is 1. The summed E-state index contributed by atoms with van der Waals surface area (Å²) in [5.41, 5.74) is 0.247. The first-order valence-corrected chi connectivity index (χ1v) is 11.9. The highest BCUT2D eigenvalue weighted by Crippen LogP contribution is 2.31. The van der Waals surface area contributed by atoms with E-state index in [-0.39, 0.29) is 29.5 Å². The second-order valence-corrected chi connectivity index (χ2v) is 9.78.